The molecule has 2 aliphatic heterocycles. The van der Waals surface area contributed by atoms with E-state index < -0.39 is 0 Å². The van der Waals surface area contributed by atoms with E-state index in [2.05, 4.69) is 45.9 Å². The molecule has 9 nitrogen and oxygen atoms in total. The topological polar surface area (TPSA) is 95.4 Å². The van der Waals surface area contributed by atoms with Crippen molar-refractivity contribution in [3.8, 4) is 28.3 Å². The first kappa shape index (κ1) is 23.9. The third-order valence-corrected chi connectivity index (χ3v) is 8.07. The summed E-state index contributed by atoms with van der Waals surface area (Å²) in [6, 6.07) is 8.49. The molecule has 0 unspecified atom stereocenters. The maximum Gasteiger partial charge on any atom is 0.248 e. The first-order chi connectivity index (χ1) is 18.4. The number of anilines is 1. The van der Waals surface area contributed by atoms with Gasteiger partial charge in [0.15, 0.2) is 0 Å². The average molecular weight is 507 g/mol. The van der Waals surface area contributed by atoms with Crippen LogP contribution in [0, 0.1) is 16.7 Å². The second-order valence-corrected chi connectivity index (χ2v) is 10.7. The van der Waals surface area contributed by atoms with Crippen molar-refractivity contribution in [1.29, 1.82) is 5.26 Å². The molecule has 0 aliphatic carbocycles. The van der Waals surface area contributed by atoms with Gasteiger partial charge in [-0.05, 0) is 49.8 Å². The summed E-state index contributed by atoms with van der Waals surface area (Å²) in [7, 11) is 1.89. The Hall–Kier alpha value is -4.45. The summed E-state index contributed by atoms with van der Waals surface area (Å²) in [6.45, 7) is 9.11. The second-order valence-electron chi connectivity index (χ2n) is 10.7. The maximum absolute atomic E-state index is 12.4. The van der Waals surface area contributed by atoms with Gasteiger partial charge >= 0.3 is 0 Å². The van der Waals surface area contributed by atoms with Gasteiger partial charge in [0.05, 0.1) is 23.5 Å². The lowest BCUT2D eigenvalue weighted by Crippen LogP contribution is -2.42. The number of fused-ring (bicyclic) bond motifs is 1. The number of carbonyl (C=O) groups is 1. The standard InChI is InChI=1S/C29H30N8O/c1-20(2)28(38)36-11-8-29(19-36)6-9-35(10-7-29)26-5-4-21(14-31-26)25-12-22(24-16-32-34(3)17-24)18-37-27(25)23(13-30)15-33-37/h4-5,12,14-18H,1,6-11,19H2,2-3H3. The minimum absolute atomic E-state index is 0.0843. The van der Waals surface area contributed by atoms with Gasteiger partial charge in [-0.25, -0.2) is 9.50 Å². The average Bonchev–Trinajstić information content (AvgIpc) is 3.67. The molecule has 2 aliphatic rings. The van der Waals surface area contributed by atoms with Crippen molar-refractivity contribution in [3.63, 3.8) is 0 Å². The number of nitrogens with zero attached hydrogens (tertiary/aromatic N) is 8. The highest BCUT2D eigenvalue weighted by Crippen LogP contribution is 2.41. The van der Waals surface area contributed by atoms with Crippen LogP contribution in [0.15, 0.2) is 61.3 Å². The summed E-state index contributed by atoms with van der Waals surface area (Å²) in [5, 5.41) is 18.4. The zero-order valence-corrected chi connectivity index (χ0v) is 21.8. The number of aromatic nitrogens is 5. The molecular weight excluding hydrogens is 476 g/mol. The number of likely N-dealkylation sites (tertiary alicyclic amines) is 1. The van der Waals surface area contributed by atoms with Crippen molar-refractivity contribution in [2.24, 2.45) is 12.5 Å². The fourth-order valence-electron chi connectivity index (χ4n) is 5.88. The van der Waals surface area contributed by atoms with E-state index >= 15 is 0 Å². The lowest BCUT2D eigenvalue weighted by molar-refractivity contribution is -0.126. The van der Waals surface area contributed by atoms with Crippen LogP contribution in [-0.4, -0.2) is 61.4 Å². The molecule has 9 heteroatoms. The summed E-state index contributed by atoms with van der Waals surface area (Å²) in [5.74, 6) is 1.03. The number of nitriles is 1. The van der Waals surface area contributed by atoms with Gasteiger partial charge in [0.1, 0.15) is 11.9 Å². The number of piperidine rings is 1. The summed E-state index contributed by atoms with van der Waals surface area (Å²) in [6.07, 6.45) is 12.4. The fourth-order valence-corrected chi connectivity index (χ4v) is 5.88. The summed E-state index contributed by atoms with van der Waals surface area (Å²) >= 11 is 0. The number of carbonyl (C=O) groups excluding carboxylic acids is 1. The zero-order chi connectivity index (χ0) is 26.4. The van der Waals surface area contributed by atoms with Gasteiger partial charge in [-0.2, -0.15) is 15.5 Å². The molecule has 6 heterocycles. The maximum atomic E-state index is 12.4. The molecule has 2 saturated heterocycles. The Morgan fingerprint density at radius 3 is 2.47 bits per heavy atom. The molecule has 1 spiro atoms. The summed E-state index contributed by atoms with van der Waals surface area (Å²) in [4.78, 5) is 21.5. The Balaban J connectivity index is 1.24. The SMILES string of the molecule is C=C(C)C(=O)N1CCC2(CCN(c3ccc(-c4cc(-c5cnn(C)c5)cn5ncc(C#N)c45)cn3)CC2)C1. The van der Waals surface area contributed by atoms with Crippen LogP contribution in [0.3, 0.4) is 0 Å². The van der Waals surface area contributed by atoms with E-state index in [0.29, 0.717) is 11.1 Å². The molecule has 6 rings (SSSR count). The Morgan fingerprint density at radius 1 is 1.03 bits per heavy atom. The summed E-state index contributed by atoms with van der Waals surface area (Å²) < 4.78 is 3.53. The van der Waals surface area contributed by atoms with Gasteiger partial charge < -0.3 is 9.80 Å². The van der Waals surface area contributed by atoms with E-state index in [1.165, 1.54) is 0 Å². The van der Waals surface area contributed by atoms with E-state index in [0.717, 1.165) is 79.0 Å². The quantitative estimate of drug-likeness (QED) is 0.388. The van der Waals surface area contributed by atoms with E-state index in [1.54, 1.807) is 22.3 Å². The van der Waals surface area contributed by atoms with Crippen molar-refractivity contribution < 1.29 is 4.79 Å². The van der Waals surface area contributed by atoms with Crippen molar-refractivity contribution in [2.45, 2.75) is 26.2 Å². The van der Waals surface area contributed by atoms with Gasteiger partial charge in [0, 0.05) is 79.6 Å². The highest BCUT2D eigenvalue weighted by molar-refractivity contribution is 5.92. The highest BCUT2D eigenvalue weighted by Gasteiger charge is 2.42. The van der Waals surface area contributed by atoms with Crippen molar-refractivity contribution in [2.75, 3.05) is 31.1 Å². The minimum atomic E-state index is 0.0843. The molecule has 0 atom stereocenters. The smallest absolute Gasteiger partial charge is 0.248 e. The van der Waals surface area contributed by atoms with Crippen LogP contribution in [0.1, 0.15) is 31.7 Å². The van der Waals surface area contributed by atoms with Gasteiger partial charge in [-0.3, -0.25) is 9.48 Å². The zero-order valence-electron chi connectivity index (χ0n) is 21.8. The number of hydrogen-bond donors (Lipinski definition) is 0. The lowest BCUT2D eigenvalue weighted by atomic mass is 9.78. The lowest BCUT2D eigenvalue weighted by Gasteiger charge is -2.39. The third-order valence-electron chi connectivity index (χ3n) is 8.07. The minimum Gasteiger partial charge on any atom is -0.357 e. The molecule has 0 aromatic carbocycles. The molecule has 2 fully saturated rings. The molecule has 38 heavy (non-hydrogen) atoms. The number of hydrogen-bond acceptors (Lipinski definition) is 6. The predicted molar refractivity (Wildman–Crippen MR) is 145 cm³/mol. The van der Waals surface area contributed by atoms with Gasteiger partial charge in [-0.15, -0.1) is 0 Å². The van der Waals surface area contributed by atoms with E-state index in [9.17, 15) is 10.1 Å². The fraction of sp³-hybridized carbons (Fsp3) is 0.345. The Bertz CT molecular complexity index is 1580. The Labute approximate surface area is 221 Å². The predicted octanol–water partition coefficient (Wildman–Crippen LogP) is 4.06. The van der Waals surface area contributed by atoms with Crippen LogP contribution in [0.4, 0.5) is 5.82 Å². The Kier molecular flexibility index (Phi) is 5.75. The molecule has 0 N–H and O–H groups in total. The van der Waals surface area contributed by atoms with Gasteiger partial charge in [-0.1, -0.05) is 6.58 Å². The van der Waals surface area contributed by atoms with Crippen LogP contribution >= 0.6 is 0 Å². The van der Waals surface area contributed by atoms with Crippen LogP contribution in [0.25, 0.3) is 27.8 Å². The summed E-state index contributed by atoms with van der Waals surface area (Å²) in [5.41, 5.74) is 5.90. The molecule has 0 bridgehead atoms. The second kappa shape index (κ2) is 9.14. The van der Waals surface area contributed by atoms with Crippen molar-refractivity contribution in [1.82, 2.24) is 29.3 Å². The van der Waals surface area contributed by atoms with Crippen LogP contribution < -0.4 is 4.90 Å². The molecule has 0 saturated carbocycles. The van der Waals surface area contributed by atoms with Crippen LogP contribution in [0.2, 0.25) is 0 Å². The monoisotopic (exact) mass is 506 g/mol. The van der Waals surface area contributed by atoms with Crippen molar-refractivity contribution >= 4 is 17.2 Å². The Morgan fingerprint density at radius 2 is 1.82 bits per heavy atom. The number of rotatable bonds is 4. The first-order valence-electron chi connectivity index (χ1n) is 12.9. The first-order valence-corrected chi connectivity index (χ1v) is 12.9. The number of aryl methyl sites for hydroxylation is 1. The van der Waals surface area contributed by atoms with E-state index in [1.807, 2.05) is 36.7 Å². The van der Waals surface area contributed by atoms with Crippen LogP contribution in [-0.2, 0) is 11.8 Å². The molecule has 1 amide bonds. The largest absolute Gasteiger partial charge is 0.357 e. The normalized spacial score (nSPS) is 16.8. The third kappa shape index (κ3) is 4.12. The van der Waals surface area contributed by atoms with E-state index in [4.69, 9.17) is 4.98 Å². The van der Waals surface area contributed by atoms with Crippen molar-refractivity contribution in [3.05, 3.63) is 66.9 Å². The number of pyridine rings is 2. The van der Waals surface area contributed by atoms with E-state index in [-0.39, 0.29) is 11.3 Å². The molecule has 4 aromatic heterocycles. The molecule has 192 valence electrons. The molecule has 0 radical (unpaired) electrons. The van der Waals surface area contributed by atoms with Gasteiger partial charge in [0.2, 0.25) is 5.91 Å². The van der Waals surface area contributed by atoms with Gasteiger partial charge in [0.25, 0.3) is 0 Å². The molecular formula is C29H30N8O. The highest BCUT2D eigenvalue weighted by atomic mass is 16.2. The molecule has 4 aromatic rings. The number of amides is 1. The van der Waals surface area contributed by atoms with Crippen LogP contribution in [0.5, 0.6) is 0 Å².